The van der Waals surface area contributed by atoms with Gasteiger partial charge >= 0.3 is 12.1 Å². The van der Waals surface area contributed by atoms with Crippen molar-refractivity contribution in [1.82, 2.24) is 0 Å². The molecule has 0 radical (unpaired) electrons. The molecule has 0 saturated heterocycles. The fourth-order valence-corrected chi connectivity index (χ4v) is 1.66. The Morgan fingerprint density at radius 3 is 2.35 bits per heavy atom. The smallest absolute Gasteiger partial charge is 0.425 e. The van der Waals surface area contributed by atoms with Crippen molar-refractivity contribution in [2.45, 2.75) is 44.9 Å². The Morgan fingerprint density at radius 1 is 1.30 bits per heavy atom. The second-order valence-corrected chi connectivity index (χ2v) is 4.49. The first-order chi connectivity index (χ1) is 9.32. The van der Waals surface area contributed by atoms with E-state index in [0.29, 0.717) is 0 Å². The molecule has 1 N–H and O–H groups in total. The molecule has 1 aromatic carbocycles. The fraction of sp³-hybridized carbons (Fsp3) is 0.500. The van der Waals surface area contributed by atoms with E-state index in [2.05, 4.69) is 6.92 Å². The van der Waals surface area contributed by atoms with E-state index in [9.17, 15) is 18.0 Å². The van der Waals surface area contributed by atoms with Crippen LogP contribution in [0.4, 0.5) is 13.2 Å². The molecule has 1 atom stereocenters. The molecule has 0 saturated carbocycles. The lowest BCUT2D eigenvalue weighted by molar-refractivity contribution is -0.200. The molecule has 6 heteroatoms. The number of hydrogen-bond donors (Lipinski definition) is 1. The molecule has 0 heterocycles. The number of carboxylic acids is 1. The first-order valence-corrected chi connectivity index (χ1v) is 6.37. The zero-order valence-electron chi connectivity index (χ0n) is 11.1. The van der Waals surface area contributed by atoms with Gasteiger partial charge in [-0.2, -0.15) is 13.2 Å². The monoisotopic (exact) mass is 290 g/mol. The molecule has 0 aromatic heterocycles. The van der Waals surface area contributed by atoms with Gasteiger partial charge in [0.05, 0.1) is 6.42 Å². The summed E-state index contributed by atoms with van der Waals surface area (Å²) in [6.45, 7) is 2.05. The quantitative estimate of drug-likeness (QED) is 0.830. The molecule has 3 nitrogen and oxygen atoms in total. The summed E-state index contributed by atoms with van der Waals surface area (Å²) in [5, 5.41) is 8.49. The minimum absolute atomic E-state index is 0.0221. The average molecular weight is 290 g/mol. The number of benzene rings is 1. The SMILES string of the molecule is CCCCc1ccc(OC(CC(=O)O)C(F)(F)F)cc1. The molecule has 0 aliphatic rings. The molecule has 112 valence electrons. The molecule has 0 amide bonds. The van der Waals surface area contributed by atoms with Crippen LogP contribution >= 0.6 is 0 Å². The summed E-state index contributed by atoms with van der Waals surface area (Å²) in [6.07, 6.45) is -5.26. The van der Waals surface area contributed by atoms with Crippen molar-refractivity contribution in [3.05, 3.63) is 29.8 Å². The highest BCUT2D eigenvalue weighted by atomic mass is 19.4. The number of aliphatic carboxylic acids is 1. The molecule has 0 aliphatic heterocycles. The Hall–Kier alpha value is -1.72. The van der Waals surface area contributed by atoms with E-state index in [4.69, 9.17) is 9.84 Å². The number of alkyl halides is 3. The minimum Gasteiger partial charge on any atom is -0.481 e. The van der Waals surface area contributed by atoms with Gasteiger partial charge in [0.1, 0.15) is 5.75 Å². The second-order valence-electron chi connectivity index (χ2n) is 4.49. The van der Waals surface area contributed by atoms with Crippen LogP contribution in [0.3, 0.4) is 0 Å². The third kappa shape index (κ3) is 5.50. The van der Waals surface area contributed by atoms with Gasteiger partial charge in [0, 0.05) is 0 Å². The molecule has 0 fully saturated rings. The number of halogens is 3. The van der Waals surface area contributed by atoms with Gasteiger partial charge in [-0.25, -0.2) is 0 Å². The second kappa shape index (κ2) is 7.17. The number of hydrogen-bond acceptors (Lipinski definition) is 2. The van der Waals surface area contributed by atoms with Gasteiger partial charge < -0.3 is 9.84 Å². The Bertz CT molecular complexity index is 426. The largest absolute Gasteiger partial charge is 0.481 e. The van der Waals surface area contributed by atoms with Crippen molar-refractivity contribution in [2.24, 2.45) is 0 Å². The molecule has 0 aliphatic carbocycles. The maximum absolute atomic E-state index is 12.6. The number of ether oxygens (including phenoxy) is 1. The standard InChI is InChI=1S/C14H17F3O3/c1-2-3-4-10-5-7-11(8-6-10)20-12(9-13(18)19)14(15,16)17/h5-8,12H,2-4,9H2,1H3,(H,18,19). The highest BCUT2D eigenvalue weighted by molar-refractivity contribution is 5.67. The number of carbonyl (C=O) groups is 1. The first-order valence-electron chi connectivity index (χ1n) is 6.37. The van der Waals surface area contributed by atoms with Crippen molar-refractivity contribution >= 4 is 5.97 Å². The summed E-state index contributed by atoms with van der Waals surface area (Å²) < 4.78 is 42.6. The van der Waals surface area contributed by atoms with Crippen molar-refractivity contribution in [2.75, 3.05) is 0 Å². The Morgan fingerprint density at radius 2 is 1.90 bits per heavy atom. The summed E-state index contributed by atoms with van der Waals surface area (Å²) in [4.78, 5) is 10.4. The van der Waals surface area contributed by atoms with Crippen molar-refractivity contribution < 1.29 is 27.8 Å². The first kappa shape index (κ1) is 16.3. The third-order valence-corrected chi connectivity index (χ3v) is 2.75. The van der Waals surface area contributed by atoms with Crippen molar-refractivity contribution in [3.63, 3.8) is 0 Å². The van der Waals surface area contributed by atoms with Crippen LogP contribution in [0.5, 0.6) is 5.75 Å². The lowest BCUT2D eigenvalue weighted by atomic mass is 10.1. The van der Waals surface area contributed by atoms with E-state index in [1.165, 1.54) is 12.1 Å². The molecule has 0 bridgehead atoms. The van der Waals surface area contributed by atoms with Gasteiger partial charge in [0.2, 0.25) is 6.10 Å². The van der Waals surface area contributed by atoms with E-state index in [0.717, 1.165) is 24.8 Å². The highest BCUT2D eigenvalue weighted by Crippen LogP contribution is 2.27. The summed E-state index contributed by atoms with van der Waals surface area (Å²) in [5.74, 6) is -1.53. The van der Waals surface area contributed by atoms with Gasteiger partial charge in [0.25, 0.3) is 0 Å². The van der Waals surface area contributed by atoms with Crippen LogP contribution in [0.15, 0.2) is 24.3 Å². The number of unbranched alkanes of at least 4 members (excludes halogenated alkanes) is 1. The van der Waals surface area contributed by atoms with Crippen LogP contribution in [0, 0.1) is 0 Å². The molecule has 0 spiro atoms. The number of rotatable bonds is 7. The number of carboxylic acid groups (broad SMARTS) is 1. The molecule has 20 heavy (non-hydrogen) atoms. The third-order valence-electron chi connectivity index (χ3n) is 2.75. The van der Waals surface area contributed by atoms with Gasteiger partial charge in [0.15, 0.2) is 0 Å². The van der Waals surface area contributed by atoms with Crippen LogP contribution in [0.2, 0.25) is 0 Å². The number of aryl methyl sites for hydroxylation is 1. The normalized spacial score (nSPS) is 13.0. The summed E-state index contributed by atoms with van der Waals surface area (Å²) in [6, 6.07) is 6.26. The Kier molecular flexibility index (Phi) is 5.85. The topological polar surface area (TPSA) is 46.5 Å². The van der Waals surface area contributed by atoms with Crippen molar-refractivity contribution in [3.8, 4) is 5.75 Å². The predicted octanol–water partition coefficient (Wildman–Crippen LogP) is 3.81. The van der Waals surface area contributed by atoms with Crippen LogP contribution in [0.1, 0.15) is 31.7 Å². The lowest BCUT2D eigenvalue weighted by Crippen LogP contribution is -2.36. The lowest BCUT2D eigenvalue weighted by Gasteiger charge is -2.20. The summed E-state index contributed by atoms with van der Waals surface area (Å²) in [7, 11) is 0. The van der Waals surface area contributed by atoms with Crippen LogP contribution in [-0.2, 0) is 11.2 Å². The maximum Gasteiger partial charge on any atom is 0.425 e. The zero-order valence-corrected chi connectivity index (χ0v) is 11.1. The van der Waals surface area contributed by atoms with Crippen LogP contribution < -0.4 is 4.74 Å². The predicted molar refractivity (Wildman–Crippen MR) is 67.8 cm³/mol. The van der Waals surface area contributed by atoms with Gasteiger partial charge in [-0.1, -0.05) is 25.5 Å². The fourth-order valence-electron chi connectivity index (χ4n) is 1.66. The van der Waals surface area contributed by atoms with Gasteiger partial charge in [-0.15, -0.1) is 0 Å². The summed E-state index contributed by atoms with van der Waals surface area (Å²) >= 11 is 0. The maximum atomic E-state index is 12.6. The van der Waals surface area contributed by atoms with E-state index >= 15 is 0 Å². The molecular weight excluding hydrogens is 273 g/mol. The van der Waals surface area contributed by atoms with Crippen LogP contribution in [-0.4, -0.2) is 23.4 Å². The molecule has 1 rings (SSSR count). The highest BCUT2D eigenvalue weighted by Gasteiger charge is 2.43. The molecular formula is C14H17F3O3. The van der Waals surface area contributed by atoms with E-state index in [1.807, 2.05) is 0 Å². The summed E-state index contributed by atoms with van der Waals surface area (Å²) in [5.41, 5.74) is 1.01. The Balaban J connectivity index is 2.71. The van der Waals surface area contributed by atoms with E-state index in [-0.39, 0.29) is 5.75 Å². The molecule has 1 unspecified atom stereocenters. The van der Waals surface area contributed by atoms with Crippen LogP contribution in [0.25, 0.3) is 0 Å². The van der Waals surface area contributed by atoms with E-state index < -0.39 is 24.7 Å². The van der Waals surface area contributed by atoms with Crippen molar-refractivity contribution in [1.29, 1.82) is 0 Å². The minimum atomic E-state index is -4.71. The average Bonchev–Trinajstić information content (AvgIpc) is 2.35. The van der Waals surface area contributed by atoms with Gasteiger partial charge in [-0.05, 0) is 30.5 Å². The molecule has 1 aromatic rings. The Labute approximate surface area is 115 Å². The van der Waals surface area contributed by atoms with Gasteiger partial charge in [-0.3, -0.25) is 4.79 Å². The zero-order chi connectivity index (χ0) is 15.2. The van der Waals surface area contributed by atoms with E-state index in [1.54, 1.807) is 12.1 Å².